The first-order valence-electron chi connectivity index (χ1n) is 6.89. The maximum Gasteiger partial charge on any atom is 0.158 e. The molecule has 0 spiro atoms. The van der Waals surface area contributed by atoms with Gasteiger partial charge < -0.3 is 14.8 Å². The molecule has 3 nitrogen and oxygen atoms in total. The van der Waals surface area contributed by atoms with Gasteiger partial charge in [0.2, 0.25) is 0 Å². The largest absolute Gasteiger partial charge is 0.353 e. The number of rotatable bonds is 9. The summed E-state index contributed by atoms with van der Waals surface area (Å²) >= 11 is 0. The van der Waals surface area contributed by atoms with Gasteiger partial charge in [-0.15, -0.1) is 0 Å². The van der Waals surface area contributed by atoms with Gasteiger partial charge in [-0.05, 0) is 38.5 Å². The molecule has 0 amide bonds. The Morgan fingerprint density at radius 2 is 1.68 bits per heavy atom. The maximum absolute atomic E-state index is 12.8. The molecule has 0 aliphatic carbocycles. The average molecular weight is 269 g/mol. The minimum atomic E-state index is -0.205. The maximum atomic E-state index is 12.8. The SMILES string of the molecule is CCOC(CCN[C@H](C)c1ccc(F)cc1)OCC. The van der Waals surface area contributed by atoms with E-state index in [2.05, 4.69) is 12.2 Å². The van der Waals surface area contributed by atoms with E-state index < -0.39 is 0 Å². The van der Waals surface area contributed by atoms with Crippen molar-refractivity contribution in [2.75, 3.05) is 19.8 Å². The van der Waals surface area contributed by atoms with Gasteiger partial charge in [0.15, 0.2) is 6.29 Å². The number of benzene rings is 1. The molecule has 0 aliphatic rings. The fraction of sp³-hybridized carbons (Fsp3) is 0.600. The number of hydrogen-bond donors (Lipinski definition) is 1. The van der Waals surface area contributed by atoms with E-state index in [1.165, 1.54) is 12.1 Å². The van der Waals surface area contributed by atoms with Gasteiger partial charge in [0.25, 0.3) is 0 Å². The van der Waals surface area contributed by atoms with Crippen LogP contribution in [-0.4, -0.2) is 26.0 Å². The van der Waals surface area contributed by atoms with Gasteiger partial charge >= 0.3 is 0 Å². The molecular formula is C15H24FNO2. The molecular weight excluding hydrogens is 245 g/mol. The van der Waals surface area contributed by atoms with Gasteiger partial charge in [-0.1, -0.05) is 12.1 Å². The quantitative estimate of drug-likeness (QED) is 0.698. The van der Waals surface area contributed by atoms with Crippen LogP contribution in [0, 0.1) is 5.82 Å². The first-order chi connectivity index (χ1) is 9.17. The predicted molar refractivity (Wildman–Crippen MR) is 74.5 cm³/mol. The Balaban J connectivity index is 2.32. The second-order valence-electron chi connectivity index (χ2n) is 4.36. The van der Waals surface area contributed by atoms with Crippen molar-refractivity contribution in [1.82, 2.24) is 5.32 Å². The Kier molecular flexibility index (Phi) is 7.63. The second-order valence-corrected chi connectivity index (χ2v) is 4.36. The molecule has 1 N–H and O–H groups in total. The van der Waals surface area contributed by atoms with Crippen LogP contribution in [-0.2, 0) is 9.47 Å². The van der Waals surface area contributed by atoms with Gasteiger partial charge in [-0.2, -0.15) is 0 Å². The highest BCUT2D eigenvalue weighted by molar-refractivity contribution is 5.19. The standard InChI is InChI=1S/C15H24FNO2/c1-4-18-15(19-5-2)10-11-17-12(3)13-6-8-14(16)9-7-13/h6-9,12,15,17H,4-5,10-11H2,1-3H3/t12-/m1/s1. The van der Waals surface area contributed by atoms with E-state index in [-0.39, 0.29) is 18.1 Å². The van der Waals surface area contributed by atoms with Gasteiger partial charge in [-0.25, -0.2) is 4.39 Å². The van der Waals surface area contributed by atoms with Crippen LogP contribution in [0.25, 0.3) is 0 Å². The smallest absolute Gasteiger partial charge is 0.158 e. The highest BCUT2D eigenvalue weighted by atomic mass is 19.1. The number of nitrogens with one attached hydrogen (secondary N) is 1. The molecule has 108 valence electrons. The number of ether oxygens (including phenoxy) is 2. The summed E-state index contributed by atoms with van der Waals surface area (Å²) in [4.78, 5) is 0. The molecule has 0 radical (unpaired) electrons. The lowest BCUT2D eigenvalue weighted by atomic mass is 10.1. The van der Waals surface area contributed by atoms with Crippen molar-refractivity contribution < 1.29 is 13.9 Å². The summed E-state index contributed by atoms with van der Waals surface area (Å²) in [5, 5.41) is 3.38. The molecule has 4 heteroatoms. The first-order valence-corrected chi connectivity index (χ1v) is 6.89. The van der Waals surface area contributed by atoms with Crippen LogP contribution in [0.3, 0.4) is 0 Å². The minimum absolute atomic E-state index is 0.150. The Morgan fingerprint density at radius 1 is 1.11 bits per heavy atom. The third kappa shape index (κ3) is 6.14. The van der Waals surface area contributed by atoms with E-state index in [1.807, 2.05) is 13.8 Å². The second kappa shape index (κ2) is 9.02. The van der Waals surface area contributed by atoms with Crippen LogP contribution in [0.15, 0.2) is 24.3 Å². The Bertz CT molecular complexity index is 337. The molecule has 0 fully saturated rings. The van der Waals surface area contributed by atoms with Gasteiger partial charge in [-0.3, -0.25) is 0 Å². The molecule has 1 rings (SSSR count). The number of halogens is 1. The normalized spacial score (nSPS) is 12.9. The van der Waals surface area contributed by atoms with Gasteiger partial charge in [0.05, 0.1) is 0 Å². The molecule has 0 bridgehead atoms. The van der Waals surface area contributed by atoms with Crippen molar-refractivity contribution in [1.29, 1.82) is 0 Å². The first kappa shape index (κ1) is 16.1. The number of hydrogen-bond acceptors (Lipinski definition) is 3. The Hall–Kier alpha value is -0.970. The topological polar surface area (TPSA) is 30.5 Å². The summed E-state index contributed by atoms with van der Waals surface area (Å²) in [7, 11) is 0. The van der Waals surface area contributed by atoms with Crippen LogP contribution in [0.4, 0.5) is 4.39 Å². The van der Waals surface area contributed by atoms with Crippen LogP contribution in [0.1, 0.15) is 38.8 Å². The lowest BCUT2D eigenvalue weighted by Crippen LogP contribution is -2.26. The zero-order valence-electron chi connectivity index (χ0n) is 12.0. The van der Waals surface area contributed by atoms with Crippen molar-refractivity contribution >= 4 is 0 Å². The van der Waals surface area contributed by atoms with Crippen molar-refractivity contribution in [2.45, 2.75) is 39.5 Å². The summed E-state index contributed by atoms with van der Waals surface area (Å²) in [6.07, 6.45) is 0.649. The third-order valence-corrected chi connectivity index (χ3v) is 2.91. The molecule has 1 aromatic carbocycles. The summed E-state index contributed by atoms with van der Waals surface area (Å²) in [6, 6.07) is 6.75. The molecule has 0 aliphatic heterocycles. The van der Waals surface area contributed by atoms with Crippen molar-refractivity contribution in [3.8, 4) is 0 Å². The third-order valence-electron chi connectivity index (χ3n) is 2.91. The van der Waals surface area contributed by atoms with Crippen molar-refractivity contribution in [3.05, 3.63) is 35.6 Å². The van der Waals surface area contributed by atoms with Gasteiger partial charge in [0.1, 0.15) is 5.82 Å². The average Bonchev–Trinajstić information content (AvgIpc) is 2.40. The lowest BCUT2D eigenvalue weighted by molar-refractivity contribution is -0.138. The zero-order chi connectivity index (χ0) is 14.1. The highest BCUT2D eigenvalue weighted by Crippen LogP contribution is 2.13. The summed E-state index contributed by atoms with van der Waals surface area (Å²) < 4.78 is 23.8. The lowest BCUT2D eigenvalue weighted by Gasteiger charge is -2.19. The Labute approximate surface area is 115 Å². The molecule has 1 atom stereocenters. The summed E-state index contributed by atoms with van der Waals surface area (Å²) in [6.45, 7) is 8.07. The minimum Gasteiger partial charge on any atom is -0.353 e. The fourth-order valence-corrected chi connectivity index (χ4v) is 1.87. The van der Waals surface area contributed by atoms with E-state index in [0.717, 1.165) is 18.5 Å². The van der Waals surface area contributed by atoms with Crippen molar-refractivity contribution in [3.63, 3.8) is 0 Å². The molecule has 1 aromatic rings. The van der Waals surface area contributed by atoms with E-state index in [4.69, 9.17) is 9.47 Å². The predicted octanol–water partition coefficient (Wildman–Crippen LogP) is 3.27. The van der Waals surface area contributed by atoms with Crippen LogP contribution in [0.2, 0.25) is 0 Å². The molecule has 0 saturated heterocycles. The molecule has 19 heavy (non-hydrogen) atoms. The van der Waals surface area contributed by atoms with Crippen LogP contribution >= 0.6 is 0 Å². The Morgan fingerprint density at radius 3 is 2.21 bits per heavy atom. The van der Waals surface area contributed by atoms with Crippen LogP contribution in [0.5, 0.6) is 0 Å². The van der Waals surface area contributed by atoms with Crippen molar-refractivity contribution in [2.24, 2.45) is 0 Å². The molecule has 0 heterocycles. The highest BCUT2D eigenvalue weighted by Gasteiger charge is 2.09. The summed E-state index contributed by atoms with van der Waals surface area (Å²) in [5.74, 6) is -0.205. The van der Waals surface area contributed by atoms with E-state index in [9.17, 15) is 4.39 Å². The van der Waals surface area contributed by atoms with Gasteiger partial charge in [0, 0.05) is 32.2 Å². The molecule has 0 saturated carbocycles. The van der Waals surface area contributed by atoms with E-state index in [0.29, 0.717) is 13.2 Å². The monoisotopic (exact) mass is 269 g/mol. The van der Waals surface area contributed by atoms with Crippen LogP contribution < -0.4 is 5.32 Å². The van der Waals surface area contributed by atoms with E-state index >= 15 is 0 Å². The summed E-state index contributed by atoms with van der Waals surface area (Å²) in [5.41, 5.74) is 1.07. The molecule has 0 aromatic heterocycles. The van der Waals surface area contributed by atoms with E-state index in [1.54, 1.807) is 12.1 Å². The fourth-order valence-electron chi connectivity index (χ4n) is 1.87. The zero-order valence-corrected chi connectivity index (χ0v) is 12.0. The molecule has 0 unspecified atom stereocenters.